The van der Waals surface area contributed by atoms with Crippen LogP contribution in [0.2, 0.25) is 0 Å². The molecule has 1 rings (SSSR count). The summed E-state index contributed by atoms with van der Waals surface area (Å²) < 4.78 is 11.2. The maximum Gasteiger partial charge on any atom is 0.220 e. The maximum atomic E-state index is 13.0. The van der Waals surface area contributed by atoms with Crippen molar-refractivity contribution >= 4 is 5.91 Å². The third-order valence-corrected chi connectivity index (χ3v) is 14.6. The molecule has 6 N–H and O–H groups in total. The fourth-order valence-corrected chi connectivity index (χ4v) is 9.78. The van der Waals surface area contributed by atoms with Crippen LogP contribution in [0.1, 0.15) is 296 Å². The number of aliphatic hydroxyl groups excluding tert-OH is 5. The van der Waals surface area contributed by atoms with E-state index in [0.29, 0.717) is 12.8 Å². The number of hydrogen-bond acceptors (Lipinski definition) is 8. The largest absolute Gasteiger partial charge is 0.394 e. The second-order valence-electron chi connectivity index (χ2n) is 21.1. The second-order valence-corrected chi connectivity index (χ2v) is 21.1. The Morgan fingerprint density at radius 1 is 0.493 bits per heavy atom. The number of rotatable bonds is 52. The highest BCUT2D eigenvalue weighted by atomic mass is 16.7. The smallest absolute Gasteiger partial charge is 0.220 e. The van der Waals surface area contributed by atoms with Crippen molar-refractivity contribution in [2.24, 2.45) is 0 Å². The summed E-state index contributed by atoms with van der Waals surface area (Å²) in [6.45, 7) is 3.79. The van der Waals surface area contributed by atoms with E-state index in [-0.39, 0.29) is 12.5 Å². The van der Waals surface area contributed by atoms with Crippen LogP contribution in [0.4, 0.5) is 0 Å². The topological polar surface area (TPSA) is 149 Å². The molecule has 9 heteroatoms. The van der Waals surface area contributed by atoms with Crippen LogP contribution in [-0.4, -0.2) is 87.5 Å². The van der Waals surface area contributed by atoms with Gasteiger partial charge in [-0.25, -0.2) is 0 Å². The molecule has 0 aromatic heterocycles. The number of ether oxygens (including phenoxy) is 2. The monoisotopic (exact) mass is 978 g/mol. The third-order valence-electron chi connectivity index (χ3n) is 14.6. The number of unbranched alkanes of at least 4 members (excludes halogenated alkanes) is 38. The lowest BCUT2D eigenvalue weighted by Gasteiger charge is -2.40. The number of amides is 1. The van der Waals surface area contributed by atoms with Gasteiger partial charge in [0.05, 0.1) is 25.4 Å². The first-order valence-corrected chi connectivity index (χ1v) is 30.0. The van der Waals surface area contributed by atoms with E-state index in [1.165, 1.54) is 225 Å². The van der Waals surface area contributed by atoms with E-state index in [2.05, 4.69) is 43.5 Å². The number of allylic oxidation sites excluding steroid dienone is 4. The molecule has 0 aliphatic carbocycles. The first kappa shape index (κ1) is 65.7. The zero-order chi connectivity index (χ0) is 50.1. The Labute approximate surface area is 426 Å². The van der Waals surface area contributed by atoms with Crippen molar-refractivity contribution in [1.29, 1.82) is 0 Å². The van der Waals surface area contributed by atoms with Crippen LogP contribution in [0.15, 0.2) is 24.3 Å². The molecule has 0 saturated carbocycles. The average molecular weight is 979 g/mol. The minimum absolute atomic E-state index is 0.135. The number of carbonyl (C=O) groups is 1. The van der Waals surface area contributed by atoms with Gasteiger partial charge in [0.2, 0.25) is 5.91 Å². The van der Waals surface area contributed by atoms with Crippen LogP contribution in [0, 0.1) is 0 Å². The highest BCUT2D eigenvalue weighted by molar-refractivity contribution is 5.76. The van der Waals surface area contributed by atoms with Gasteiger partial charge in [-0.2, -0.15) is 0 Å². The van der Waals surface area contributed by atoms with Gasteiger partial charge in [0.25, 0.3) is 0 Å². The van der Waals surface area contributed by atoms with Crippen LogP contribution < -0.4 is 5.32 Å². The zero-order valence-corrected chi connectivity index (χ0v) is 45.3. The van der Waals surface area contributed by atoms with Crippen LogP contribution in [-0.2, 0) is 14.3 Å². The Kier molecular flexibility index (Phi) is 47.8. The number of carbonyl (C=O) groups excluding carboxylic acids is 1. The molecule has 408 valence electrons. The van der Waals surface area contributed by atoms with E-state index < -0.39 is 49.5 Å². The summed E-state index contributed by atoms with van der Waals surface area (Å²) in [4.78, 5) is 13.0. The SMILES string of the molecule is CCCCCCC/C=C\C/C=C\CCCCCCCCCCCCCCCCCCCCCCCCCCCCCC(=O)NC(COC1OC(CO)C(O)C(O)C1O)C(O)CCCCCCCCC. The van der Waals surface area contributed by atoms with E-state index in [1.54, 1.807) is 0 Å². The lowest BCUT2D eigenvalue weighted by atomic mass is 9.99. The number of hydrogen-bond donors (Lipinski definition) is 6. The molecule has 1 amide bonds. The normalized spacial score (nSPS) is 19.6. The van der Waals surface area contributed by atoms with Crippen molar-refractivity contribution in [1.82, 2.24) is 5.32 Å². The Hall–Kier alpha value is -1.33. The highest BCUT2D eigenvalue weighted by Crippen LogP contribution is 2.23. The molecule has 1 fully saturated rings. The molecule has 0 radical (unpaired) electrons. The molecule has 1 saturated heterocycles. The molecular formula is C60H115NO8. The van der Waals surface area contributed by atoms with Crippen molar-refractivity contribution < 1.29 is 39.8 Å². The van der Waals surface area contributed by atoms with Crippen molar-refractivity contribution in [3.8, 4) is 0 Å². The Morgan fingerprint density at radius 3 is 1.25 bits per heavy atom. The first-order valence-electron chi connectivity index (χ1n) is 30.0. The minimum atomic E-state index is -1.55. The second kappa shape index (κ2) is 50.2. The summed E-state index contributed by atoms with van der Waals surface area (Å²) in [6.07, 6.45) is 57.1. The quantitative estimate of drug-likeness (QED) is 0.0261. The molecule has 0 spiro atoms. The van der Waals surface area contributed by atoms with Crippen LogP contribution in [0.5, 0.6) is 0 Å². The molecule has 7 unspecified atom stereocenters. The van der Waals surface area contributed by atoms with Crippen LogP contribution in [0.3, 0.4) is 0 Å². The molecule has 0 bridgehead atoms. The van der Waals surface area contributed by atoms with E-state index >= 15 is 0 Å². The molecular weight excluding hydrogens is 863 g/mol. The summed E-state index contributed by atoms with van der Waals surface area (Å²) in [7, 11) is 0. The Morgan fingerprint density at radius 2 is 0.855 bits per heavy atom. The van der Waals surface area contributed by atoms with Crippen LogP contribution >= 0.6 is 0 Å². The van der Waals surface area contributed by atoms with Gasteiger partial charge >= 0.3 is 0 Å². The van der Waals surface area contributed by atoms with E-state index in [9.17, 15) is 30.3 Å². The molecule has 7 atom stereocenters. The van der Waals surface area contributed by atoms with Gasteiger partial charge in [0.15, 0.2) is 6.29 Å². The molecule has 1 aliphatic heterocycles. The lowest BCUT2D eigenvalue weighted by Crippen LogP contribution is -2.60. The molecule has 9 nitrogen and oxygen atoms in total. The summed E-state index contributed by atoms with van der Waals surface area (Å²) in [6, 6.07) is -0.712. The summed E-state index contributed by atoms with van der Waals surface area (Å²) >= 11 is 0. The third kappa shape index (κ3) is 39.8. The summed E-state index contributed by atoms with van der Waals surface area (Å²) in [5.41, 5.74) is 0. The maximum absolute atomic E-state index is 13.0. The fourth-order valence-electron chi connectivity index (χ4n) is 9.78. The Balaban J connectivity index is 1.94. The van der Waals surface area contributed by atoms with Crippen molar-refractivity contribution in [3.63, 3.8) is 0 Å². The summed E-state index contributed by atoms with van der Waals surface area (Å²) in [5.74, 6) is -0.143. The van der Waals surface area contributed by atoms with Crippen molar-refractivity contribution in [2.45, 2.75) is 339 Å². The number of aliphatic hydroxyl groups is 5. The van der Waals surface area contributed by atoms with E-state index in [1.807, 2.05) is 0 Å². The Bertz CT molecular complexity index is 1130. The van der Waals surface area contributed by atoms with Crippen molar-refractivity contribution in [2.75, 3.05) is 13.2 Å². The standard InChI is InChI=1S/C60H115NO8/c1-3-5-7-9-11-12-13-14-15-16-17-18-19-20-21-22-23-24-25-26-27-28-29-30-31-32-33-34-35-36-37-38-39-40-41-42-44-46-48-50-56(64)61-53(54(63)49-47-45-43-10-8-6-4-2)52-68-60-59(67)58(66)57(65)55(51-62)69-60/h13-14,16-17,53-55,57-60,62-63,65-67H,3-12,15,18-52H2,1-2H3,(H,61,64)/b14-13-,17-16-. The minimum Gasteiger partial charge on any atom is -0.394 e. The molecule has 1 heterocycles. The molecule has 69 heavy (non-hydrogen) atoms. The van der Waals surface area contributed by atoms with Crippen LogP contribution in [0.25, 0.3) is 0 Å². The summed E-state index contributed by atoms with van der Waals surface area (Å²) in [5, 5.41) is 54.2. The zero-order valence-electron chi connectivity index (χ0n) is 45.3. The highest BCUT2D eigenvalue weighted by Gasteiger charge is 2.44. The first-order chi connectivity index (χ1) is 33.8. The van der Waals surface area contributed by atoms with E-state index in [4.69, 9.17) is 9.47 Å². The fraction of sp³-hybridized carbons (Fsp3) is 0.917. The lowest BCUT2D eigenvalue weighted by molar-refractivity contribution is -0.302. The molecule has 1 aliphatic rings. The van der Waals surface area contributed by atoms with Gasteiger partial charge in [-0.1, -0.05) is 269 Å². The van der Waals surface area contributed by atoms with Gasteiger partial charge in [-0.15, -0.1) is 0 Å². The van der Waals surface area contributed by atoms with Gasteiger partial charge in [0, 0.05) is 6.42 Å². The van der Waals surface area contributed by atoms with Crippen molar-refractivity contribution in [3.05, 3.63) is 24.3 Å². The van der Waals surface area contributed by atoms with Gasteiger partial charge < -0.3 is 40.3 Å². The predicted molar refractivity (Wildman–Crippen MR) is 290 cm³/mol. The van der Waals surface area contributed by atoms with E-state index in [0.717, 1.165) is 44.9 Å². The number of nitrogens with one attached hydrogen (secondary N) is 1. The van der Waals surface area contributed by atoms with Gasteiger partial charge in [-0.3, -0.25) is 4.79 Å². The average Bonchev–Trinajstić information content (AvgIpc) is 3.35. The van der Waals surface area contributed by atoms with Gasteiger partial charge in [-0.05, 0) is 44.9 Å². The predicted octanol–water partition coefficient (Wildman–Crippen LogP) is 15.0. The molecule has 0 aromatic carbocycles. The van der Waals surface area contributed by atoms with Gasteiger partial charge in [0.1, 0.15) is 24.4 Å². The molecule has 0 aromatic rings.